The minimum atomic E-state index is 0.589. The summed E-state index contributed by atoms with van der Waals surface area (Å²) in [6.45, 7) is 1.23. The monoisotopic (exact) mass is 346 g/mol. The van der Waals surface area contributed by atoms with Gasteiger partial charge >= 0.3 is 0 Å². The fraction of sp³-hybridized carbons (Fsp3) is 0.222. The standard InChI is InChI=1S/C18H18N8/c1-25(23-21-17-7-3-15(13-19)4-8-17)11-12-26(2)24-22-18-9-5-16(14-20)6-10-18/h3-10H,11-12H2,1-2H3. The topological polar surface area (TPSA) is 104 Å². The molecule has 0 amide bonds. The van der Waals surface area contributed by atoms with Crippen LogP contribution in [0.2, 0.25) is 0 Å². The van der Waals surface area contributed by atoms with Gasteiger partial charge in [-0.15, -0.1) is 10.2 Å². The van der Waals surface area contributed by atoms with E-state index in [1.165, 1.54) is 0 Å². The summed E-state index contributed by atoms with van der Waals surface area (Å²) in [4.78, 5) is 0. The molecular weight excluding hydrogens is 328 g/mol. The molecule has 2 aromatic carbocycles. The highest BCUT2D eigenvalue weighted by molar-refractivity contribution is 5.42. The fourth-order valence-corrected chi connectivity index (χ4v) is 1.84. The summed E-state index contributed by atoms with van der Waals surface area (Å²) in [6, 6.07) is 17.9. The van der Waals surface area contributed by atoms with Crippen molar-refractivity contribution in [1.29, 1.82) is 10.5 Å². The van der Waals surface area contributed by atoms with Crippen LogP contribution in [0.4, 0.5) is 11.4 Å². The molecule has 0 aliphatic rings. The lowest BCUT2D eigenvalue weighted by Crippen LogP contribution is -2.24. The highest BCUT2D eigenvalue weighted by atomic mass is 15.6. The van der Waals surface area contributed by atoms with E-state index in [9.17, 15) is 0 Å². The van der Waals surface area contributed by atoms with E-state index in [2.05, 4.69) is 32.8 Å². The number of rotatable bonds is 7. The van der Waals surface area contributed by atoms with Crippen LogP contribution in [-0.2, 0) is 0 Å². The lowest BCUT2D eigenvalue weighted by Gasteiger charge is -2.15. The summed E-state index contributed by atoms with van der Waals surface area (Å²) in [5.74, 6) is 0. The van der Waals surface area contributed by atoms with E-state index in [1.807, 2.05) is 14.1 Å². The van der Waals surface area contributed by atoms with Crippen molar-refractivity contribution in [2.45, 2.75) is 0 Å². The van der Waals surface area contributed by atoms with Crippen LogP contribution in [0.25, 0.3) is 0 Å². The van der Waals surface area contributed by atoms with Gasteiger partial charge in [-0.3, -0.25) is 10.0 Å². The molecule has 0 aromatic heterocycles. The van der Waals surface area contributed by atoms with E-state index in [0.717, 1.165) is 0 Å². The van der Waals surface area contributed by atoms with E-state index in [0.29, 0.717) is 35.6 Å². The zero-order chi connectivity index (χ0) is 18.8. The second-order valence-electron chi connectivity index (χ2n) is 5.46. The van der Waals surface area contributed by atoms with Crippen molar-refractivity contribution in [3.8, 4) is 12.1 Å². The Balaban J connectivity index is 1.79. The Morgan fingerprint density at radius 1 is 0.692 bits per heavy atom. The second kappa shape index (κ2) is 9.50. The molecule has 0 radical (unpaired) electrons. The number of nitrogens with zero attached hydrogens (tertiary/aromatic N) is 8. The summed E-state index contributed by atoms with van der Waals surface area (Å²) in [5.41, 5.74) is 2.55. The number of nitriles is 2. The summed E-state index contributed by atoms with van der Waals surface area (Å²) in [7, 11) is 3.64. The molecule has 2 aromatic rings. The van der Waals surface area contributed by atoms with Gasteiger partial charge in [0.15, 0.2) is 0 Å². The molecule has 2 rings (SSSR count). The van der Waals surface area contributed by atoms with Crippen LogP contribution >= 0.6 is 0 Å². The van der Waals surface area contributed by atoms with E-state index in [-0.39, 0.29) is 0 Å². The Morgan fingerprint density at radius 3 is 1.35 bits per heavy atom. The molecule has 26 heavy (non-hydrogen) atoms. The molecule has 0 saturated heterocycles. The maximum atomic E-state index is 8.76. The van der Waals surface area contributed by atoms with Crippen molar-refractivity contribution < 1.29 is 0 Å². The molecular formula is C18H18N8. The first kappa shape index (κ1) is 18.6. The van der Waals surface area contributed by atoms with Crippen molar-refractivity contribution in [3.63, 3.8) is 0 Å². The van der Waals surface area contributed by atoms with Crippen LogP contribution in [-0.4, -0.2) is 37.2 Å². The first-order valence-corrected chi connectivity index (χ1v) is 7.86. The third kappa shape index (κ3) is 6.02. The SMILES string of the molecule is CN(CCN(C)N=Nc1ccc(C#N)cc1)N=Nc1ccc(C#N)cc1. The number of hydrogen-bond donors (Lipinski definition) is 0. The predicted octanol–water partition coefficient (Wildman–Crippen LogP) is 3.99. The highest BCUT2D eigenvalue weighted by Gasteiger charge is 1.99. The Kier molecular flexibility index (Phi) is 6.78. The van der Waals surface area contributed by atoms with Crippen molar-refractivity contribution in [1.82, 2.24) is 10.0 Å². The van der Waals surface area contributed by atoms with Crippen molar-refractivity contribution in [2.75, 3.05) is 27.2 Å². The van der Waals surface area contributed by atoms with Crippen LogP contribution in [0.15, 0.2) is 69.2 Å². The zero-order valence-electron chi connectivity index (χ0n) is 14.6. The molecule has 0 fully saturated rings. The van der Waals surface area contributed by atoms with Crippen molar-refractivity contribution in [3.05, 3.63) is 59.7 Å². The molecule has 0 atom stereocenters. The lowest BCUT2D eigenvalue weighted by atomic mass is 10.2. The molecule has 8 nitrogen and oxygen atoms in total. The first-order valence-electron chi connectivity index (χ1n) is 7.86. The second-order valence-corrected chi connectivity index (χ2v) is 5.46. The normalized spacial score (nSPS) is 10.6. The van der Waals surface area contributed by atoms with E-state index in [1.54, 1.807) is 58.5 Å². The largest absolute Gasteiger partial charge is 0.280 e. The van der Waals surface area contributed by atoms with Crippen LogP contribution in [0.1, 0.15) is 11.1 Å². The first-order chi connectivity index (χ1) is 12.6. The average molecular weight is 346 g/mol. The lowest BCUT2D eigenvalue weighted by molar-refractivity contribution is 0.252. The molecule has 0 unspecified atom stereocenters. The summed E-state index contributed by atoms with van der Waals surface area (Å²) < 4.78 is 0. The van der Waals surface area contributed by atoms with E-state index in [4.69, 9.17) is 10.5 Å². The minimum Gasteiger partial charge on any atom is -0.280 e. The van der Waals surface area contributed by atoms with Crippen molar-refractivity contribution in [2.24, 2.45) is 20.7 Å². The molecule has 0 bridgehead atoms. The summed E-state index contributed by atoms with van der Waals surface area (Å²) in [5, 5.41) is 37.4. The van der Waals surface area contributed by atoms with Crippen LogP contribution in [0.5, 0.6) is 0 Å². The Labute approximate surface area is 152 Å². The Morgan fingerprint density at radius 2 is 1.04 bits per heavy atom. The average Bonchev–Trinajstić information content (AvgIpc) is 2.69. The van der Waals surface area contributed by atoms with Gasteiger partial charge in [-0.1, -0.05) is 10.4 Å². The van der Waals surface area contributed by atoms with Crippen LogP contribution in [0, 0.1) is 22.7 Å². The smallest absolute Gasteiger partial charge is 0.0991 e. The fourth-order valence-electron chi connectivity index (χ4n) is 1.84. The number of likely N-dealkylation sites (N-methyl/N-ethyl adjacent to an activating group) is 2. The highest BCUT2D eigenvalue weighted by Crippen LogP contribution is 2.14. The van der Waals surface area contributed by atoms with E-state index >= 15 is 0 Å². The quantitative estimate of drug-likeness (QED) is 0.558. The molecule has 0 saturated carbocycles. The van der Waals surface area contributed by atoms with Gasteiger partial charge in [-0.05, 0) is 48.5 Å². The van der Waals surface area contributed by atoms with Crippen LogP contribution < -0.4 is 0 Å². The minimum absolute atomic E-state index is 0.589. The van der Waals surface area contributed by atoms with Gasteiger partial charge in [0.05, 0.1) is 47.7 Å². The molecule has 0 aliphatic carbocycles. The number of hydrogen-bond acceptors (Lipinski definition) is 6. The van der Waals surface area contributed by atoms with E-state index < -0.39 is 0 Å². The Bertz CT molecular complexity index is 767. The zero-order valence-corrected chi connectivity index (χ0v) is 14.6. The van der Waals surface area contributed by atoms with Gasteiger partial charge in [0.1, 0.15) is 0 Å². The summed E-state index contributed by atoms with van der Waals surface area (Å²) in [6.07, 6.45) is 0. The third-order valence-electron chi connectivity index (χ3n) is 3.37. The molecule has 0 heterocycles. The molecule has 0 aliphatic heterocycles. The van der Waals surface area contributed by atoms with Crippen molar-refractivity contribution >= 4 is 11.4 Å². The molecule has 130 valence electrons. The predicted molar refractivity (Wildman–Crippen MR) is 96.6 cm³/mol. The molecule has 0 N–H and O–H groups in total. The third-order valence-corrected chi connectivity index (χ3v) is 3.37. The molecule has 8 heteroatoms. The van der Waals surface area contributed by atoms with Gasteiger partial charge in [0.25, 0.3) is 0 Å². The van der Waals surface area contributed by atoms with Crippen LogP contribution in [0.3, 0.4) is 0 Å². The summed E-state index contributed by atoms with van der Waals surface area (Å²) >= 11 is 0. The van der Waals surface area contributed by atoms with Gasteiger partial charge in [-0.25, -0.2) is 0 Å². The molecule has 0 spiro atoms. The van der Waals surface area contributed by atoms with Gasteiger partial charge < -0.3 is 0 Å². The van der Waals surface area contributed by atoms with Gasteiger partial charge in [0.2, 0.25) is 0 Å². The number of benzene rings is 2. The van der Waals surface area contributed by atoms with Gasteiger partial charge in [-0.2, -0.15) is 10.5 Å². The maximum absolute atomic E-state index is 8.76. The Hall–Kier alpha value is -3.78. The van der Waals surface area contributed by atoms with Gasteiger partial charge in [0, 0.05) is 14.1 Å². The maximum Gasteiger partial charge on any atom is 0.0991 e.